The SMILES string of the molecule is CO/N=C(/C)c1ccccc1CO/N=C(\C)C#Cc1ccc(Cl)cc1C(C)C.O=CO. The van der Waals surface area contributed by atoms with E-state index in [0.29, 0.717) is 23.3 Å². The van der Waals surface area contributed by atoms with Gasteiger partial charge in [0, 0.05) is 21.7 Å². The van der Waals surface area contributed by atoms with Crippen molar-refractivity contribution in [1.82, 2.24) is 0 Å². The van der Waals surface area contributed by atoms with E-state index in [2.05, 4.69) is 36.0 Å². The van der Waals surface area contributed by atoms with E-state index in [1.807, 2.05) is 56.3 Å². The van der Waals surface area contributed by atoms with E-state index >= 15 is 0 Å². The molecule has 0 heterocycles. The number of oxime groups is 2. The largest absolute Gasteiger partial charge is 0.483 e. The molecule has 0 aliphatic rings. The van der Waals surface area contributed by atoms with Crippen molar-refractivity contribution in [3.63, 3.8) is 0 Å². The van der Waals surface area contributed by atoms with Crippen LogP contribution in [0.3, 0.4) is 0 Å². The van der Waals surface area contributed by atoms with Gasteiger partial charge in [0.05, 0.1) is 5.71 Å². The molecule has 0 radical (unpaired) electrons. The summed E-state index contributed by atoms with van der Waals surface area (Å²) >= 11 is 6.10. The molecule has 0 aliphatic heterocycles. The third kappa shape index (κ3) is 8.93. The van der Waals surface area contributed by atoms with E-state index in [0.717, 1.165) is 28.0 Å². The summed E-state index contributed by atoms with van der Waals surface area (Å²) in [7, 11) is 1.53. The third-order valence-electron chi connectivity index (χ3n) is 4.07. The fourth-order valence-electron chi connectivity index (χ4n) is 2.69. The molecule has 2 rings (SSSR count). The summed E-state index contributed by atoms with van der Waals surface area (Å²) < 4.78 is 0. The van der Waals surface area contributed by atoms with Crippen LogP contribution in [0.5, 0.6) is 0 Å². The summed E-state index contributed by atoms with van der Waals surface area (Å²) in [5.74, 6) is 6.55. The van der Waals surface area contributed by atoms with Crippen molar-refractivity contribution in [2.24, 2.45) is 10.3 Å². The van der Waals surface area contributed by atoms with E-state index in [9.17, 15) is 0 Å². The molecule has 164 valence electrons. The second-order valence-corrected chi connectivity index (χ2v) is 7.14. The van der Waals surface area contributed by atoms with Crippen LogP contribution < -0.4 is 0 Å². The minimum atomic E-state index is -0.250. The highest BCUT2D eigenvalue weighted by molar-refractivity contribution is 6.30. The highest BCUT2D eigenvalue weighted by Gasteiger charge is 2.07. The molecular formula is C24H27ClN2O4. The number of carbonyl (C=O) groups is 1. The average molecular weight is 443 g/mol. The quantitative estimate of drug-likeness (QED) is 0.278. The summed E-state index contributed by atoms with van der Waals surface area (Å²) in [6.45, 7) is 8.02. The second-order valence-electron chi connectivity index (χ2n) is 6.71. The predicted octanol–water partition coefficient (Wildman–Crippen LogP) is 5.48. The molecule has 0 aliphatic carbocycles. The highest BCUT2D eigenvalue weighted by Crippen LogP contribution is 2.22. The first-order valence-corrected chi connectivity index (χ1v) is 9.93. The zero-order chi connectivity index (χ0) is 23.2. The maximum absolute atomic E-state index is 8.36. The first-order valence-electron chi connectivity index (χ1n) is 9.55. The molecule has 0 bridgehead atoms. The lowest BCUT2D eigenvalue weighted by Crippen LogP contribution is -2.02. The van der Waals surface area contributed by atoms with Crippen molar-refractivity contribution in [3.05, 3.63) is 69.7 Å². The molecule has 7 heteroatoms. The van der Waals surface area contributed by atoms with Crippen LogP contribution in [-0.2, 0) is 21.1 Å². The molecule has 0 unspecified atom stereocenters. The smallest absolute Gasteiger partial charge is 0.290 e. The van der Waals surface area contributed by atoms with Gasteiger partial charge in [-0.15, -0.1) is 0 Å². The first kappa shape index (κ1) is 25.7. The molecule has 2 aromatic rings. The Morgan fingerprint density at radius 2 is 1.87 bits per heavy atom. The Morgan fingerprint density at radius 1 is 1.19 bits per heavy atom. The third-order valence-corrected chi connectivity index (χ3v) is 4.31. The zero-order valence-electron chi connectivity index (χ0n) is 18.3. The molecule has 0 amide bonds. The highest BCUT2D eigenvalue weighted by atomic mass is 35.5. The van der Waals surface area contributed by atoms with Gasteiger partial charge in [0.15, 0.2) is 0 Å². The van der Waals surface area contributed by atoms with Gasteiger partial charge in [0.2, 0.25) is 0 Å². The summed E-state index contributed by atoms with van der Waals surface area (Å²) in [6.07, 6.45) is 0. The summed E-state index contributed by atoms with van der Waals surface area (Å²) in [6, 6.07) is 13.6. The molecule has 0 aromatic heterocycles. The minimum Gasteiger partial charge on any atom is -0.483 e. The fraction of sp³-hybridized carbons (Fsp3) is 0.292. The molecule has 0 saturated heterocycles. The molecule has 31 heavy (non-hydrogen) atoms. The van der Waals surface area contributed by atoms with E-state index in [4.69, 9.17) is 31.2 Å². The van der Waals surface area contributed by atoms with Crippen LogP contribution in [-0.4, -0.2) is 30.1 Å². The Kier molecular flexibility index (Phi) is 11.5. The topological polar surface area (TPSA) is 80.5 Å². The Balaban J connectivity index is 0.00000151. The summed E-state index contributed by atoms with van der Waals surface area (Å²) in [4.78, 5) is 18.7. The molecule has 0 saturated carbocycles. The Labute approximate surface area is 188 Å². The van der Waals surface area contributed by atoms with Gasteiger partial charge in [0.1, 0.15) is 19.4 Å². The normalized spacial score (nSPS) is 11.1. The molecule has 6 nitrogen and oxygen atoms in total. The van der Waals surface area contributed by atoms with Crippen LogP contribution in [0, 0.1) is 11.8 Å². The van der Waals surface area contributed by atoms with Crippen LogP contribution in [0.2, 0.25) is 5.02 Å². The Morgan fingerprint density at radius 3 is 2.52 bits per heavy atom. The number of hydrogen-bond acceptors (Lipinski definition) is 5. The number of nitrogens with zero attached hydrogens (tertiary/aromatic N) is 2. The number of halogens is 1. The van der Waals surface area contributed by atoms with Crippen molar-refractivity contribution in [3.8, 4) is 11.8 Å². The van der Waals surface area contributed by atoms with Crippen LogP contribution in [0.25, 0.3) is 0 Å². The monoisotopic (exact) mass is 442 g/mol. The van der Waals surface area contributed by atoms with E-state index in [1.54, 1.807) is 0 Å². The van der Waals surface area contributed by atoms with Gasteiger partial charge >= 0.3 is 0 Å². The van der Waals surface area contributed by atoms with Crippen LogP contribution in [0.15, 0.2) is 52.8 Å². The number of rotatable bonds is 6. The predicted molar refractivity (Wildman–Crippen MR) is 125 cm³/mol. The second kappa shape index (κ2) is 13.8. The van der Waals surface area contributed by atoms with Crippen LogP contribution in [0.4, 0.5) is 0 Å². The Bertz CT molecular complexity index is 989. The maximum atomic E-state index is 8.36. The van der Waals surface area contributed by atoms with Gasteiger partial charge in [-0.1, -0.05) is 65.9 Å². The molecule has 2 aromatic carbocycles. The van der Waals surface area contributed by atoms with Crippen molar-refractivity contribution >= 4 is 29.5 Å². The summed E-state index contributed by atoms with van der Waals surface area (Å²) in [5, 5.41) is 15.7. The van der Waals surface area contributed by atoms with Gasteiger partial charge in [-0.2, -0.15) is 0 Å². The fourth-order valence-corrected chi connectivity index (χ4v) is 2.87. The number of benzene rings is 2. The number of carboxylic acid groups (broad SMARTS) is 1. The van der Waals surface area contributed by atoms with Crippen molar-refractivity contribution in [2.45, 2.75) is 40.2 Å². The standard InChI is InChI=1S/C23H25ClN2O2.CH2O2/c1-16(2)23-14-21(24)13-12-19(23)11-10-17(3)25-28-15-20-8-6-7-9-22(20)18(4)26-27-5;2-1-3/h6-9,12-14,16H,15H2,1-5H3;1H,(H,2,3)/b25-17+,26-18-;. The molecular weight excluding hydrogens is 416 g/mol. The maximum Gasteiger partial charge on any atom is 0.290 e. The molecule has 0 fully saturated rings. The van der Waals surface area contributed by atoms with Gasteiger partial charge in [-0.05, 0) is 49.4 Å². The van der Waals surface area contributed by atoms with E-state index in [-0.39, 0.29) is 6.47 Å². The first-order chi connectivity index (χ1) is 14.8. The molecule has 1 N–H and O–H groups in total. The lowest BCUT2D eigenvalue weighted by molar-refractivity contribution is -0.122. The average Bonchev–Trinajstić information content (AvgIpc) is 2.74. The van der Waals surface area contributed by atoms with Gasteiger partial charge < -0.3 is 14.8 Å². The van der Waals surface area contributed by atoms with Crippen molar-refractivity contribution in [2.75, 3.05) is 7.11 Å². The Hall–Kier alpha value is -3.30. The van der Waals surface area contributed by atoms with Crippen LogP contribution in [0.1, 0.15) is 55.9 Å². The molecule has 0 atom stereocenters. The minimum absolute atomic E-state index is 0.250. The van der Waals surface area contributed by atoms with Crippen LogP contribution >= 0.6 is 11.6 Å². The lowest BCUT2D eigenvalue weighted by atomic mass is 9.97. The van der Waals surface area contributed by atoms with E-state index < -0.39 is 0 Å². The molecule has 0 spiro atoms. The van der Waals surface area contributed by atoms with Gasteiger partial charge in [-0.3, -0.25) is 4.79 Å². The lowest BCUT2D eigenvalue weighted by Gasteiger charge is -2.08. The number of hydrogen-bond donors (Lipinski definition) is 1. The van der Waals surface area contributed by atoms with Gasteiger partial charge in [0.25, 0.3) is 6.47 Å². The van der Waals surface area contributed by atoms with Gasteiger partial charge in [-0.25, -0.2) is 0 Å². The van der Waals surface area contributed by atoms with E-state index in [1.165, 1.54) is 7.11 Å². The van der Waals surface area contributed by atoms with Crippen molar-refractivity contribution in [1.29, 1.82) is 0 Å². The summed E-state index contributed by atoms with van der Waals surface area (Å²) in [5.41, 5.74) is 5.40. The zero-order valence-corrected chi connectivity index (χ0v) is 19.1. The van der Waals surface area contributed by atoms with Crippen molar-refractivity contribution < 1.29 is 19.6 Å².